The zero-order valence-corrected chi connectivity index (χ0v) is 16.1. The van der Waals surface area contributed by atoms with Gasteiger partial charge < -0.3 is 14.0 Å². The molecule has 3 rings (SSSR count). The van der Waals surface area contributed by atoms with Crippen molar-refractivity contribution in [2.24, 2.45) is 0 Å². The quantitative estimate of drug-likeness (QED) is 0.317. The predicted octanol–water partition coefficient (Wildman–Crippen LogP) is 3.96. The Balaban J connectivity index is 1.65. The smallest absolute Gasteiger partial charge is 0.191 e. The Kier molecular flexibility index (Phi) is 6.49. The zero-order chi connectivity index (χ0) is 19.1. The number of hydrogen-bond donors (Lipinski definition) is 0. The highest BCUT2D eigenvalue weighted by molar-refractivity contribution is 7.99. The number of hydrogen-bond acceptors (Lipinski definition) is 6. The minimum absolute atomic E-state index is 0.420. The topological polar surface area (TPSA) is 66.2 Å². The maximum atomic E-state index is 11.2. The molecule has 0 saturated carbocycles. The van der Waals surface area contributed by atoms with Gasteiger partial charge in [-0.3, -0.25) is 4.79 Å². The molecular weight excluding hydrogens is 362 g/mol. The Morgan fingerprint density at radius 3 is 2.63 bits per heavy atom. The van der Waals surface area contributed by atoms with Gasteiger partial charge in [0.2, 0.25) is 0 Å². The van der Waals surface area contributed by atoms with Crippen LogP contribution in [0, 0.1) is 0 Å². The van der Waals surface area contributed by atoms with Crippen LogP contribution in [0.5, 0.6) is 11.5 Å². The van der Waals surface area contributed by atoms with Gasteiger partial charge >= 0.3 is 0 Å². The third kappa shape index (κ3) is 4.31. The molecule has 140 valence electrons. The summed E-state index contributed by atoms with van der Waals surface area (Å²) < 4.78 is 13.2. The van der Waals surface area contributed by atoms with Gasteiger partial charge in [-0.15, -0.1) is 10.2 Å². The first-order valence-corrected chi connectivity index (χ1v) is 9.63. The lowest BCUT2D eigenvalue weighted by atomic mass is 10.2. The summed E-state index contributed by atoms with van der Waals surface area (Å²) >= 11 is 1.57. The monoisotopic (exact) mass is 383 g/mol. The van der Waals surface area contributed by atoms with Crippen LogP contribution in [0.15, 0.2) is 53.7 Å². The standard InChI is InChI=1S/C20H21N3O3S/c1-3-23-19(15-8-5-4-6-9-15)21-22-20(23)27-13-12-26-18-16(14-24)10-7-11-17(18)25-2/h4-11,14H,3,12-13H2,1-2H3. The van der Waals surface area contributed by atoms with Crippen LogP contribution in [-0.4, -0.2) is 40.5 Å². The molecule has 27 heavy (non-hydrogen) atoms. The predicted molar refractivity (Wildman–Crippen MR) is 106 cm³/mol. The highest BCUT2D eigenvalue weighted by Crippen LogP contribution is 2.30. The molecule has 1 heterocycles. The van der Waals surface area contributed by atoms with Crippen molar-refractivity contribution in [3.63, 3.8) is 0 Å². The molecule has 0 amide bonds. The van der Waals surface area contributed by atoms with E-state index in [4.69, 9.17) is 9.47 Å². The first-order valence-electron chi connectivity index (χ1n) is 8.64. The molecule has 0 bridgehead atoms. The first-order chi connectivity index (χ1) is 13.3. The number of carbonyl (C=O) groups excluding carboxylic acids is 1. The fraction of sp³-hybridized carbons (Fsp3) is 0.250. The Morgan fingerprint density at radius 1 is 1.11 bits per heavy atom. The maximum absolute atomic E-state index is 11.2. The van der Waals surface area contributed by atoms with Gasteiger partial charge in [0, 0.05) is 17.9 Å². The first kappa shape index (κ1) is 19.0. The summed E-state index contributed by atoms with van der Waals surface area (Å²) in [5, 5.41) is 9.49. The summed E-state index contributed by atoms with van der Waals surface area (Å²) in [6, 6.07) is 15.2. The normalized spacial score (nSPS) is 10.6. The van der Waals surface area contributed by atoms with Crippen molar-refractivity contribution >= 4 is 18.0 Å². The number of aldehydes is 1. The van der Waals surface area contributed by atoms with Gasteiger partial charge in [-0.25, -0.2) is 0 Å². The van der Waals surface area contributed by atoms with Crippen LogP contribution in [0.25, 0.3) is 11.4 Å². The van der Waals surface area contributed by atoms with E-state index in [-0.39, 0.29) is 0 Å². The van der Waals surface area contributed by atoms with E-state index in [9.17, 15) is 4.79 Å². The fourth-order valence-electron chi connectivity index (χ4n) is 2.70. The largest absolute Gasteiger partial charge is 0.493 e. The van der Waals surface area contributed by atoms with E-state index < -0.39 is 0 Å². The Bertz CT molecular complexity index is 897. The average molecular weight is 383 g/mol. The van der Waals surface area contributed by atoms with Gasteiger partial charge in [0.05, 0.1) is 19.3 Å². The van der Waals surface area contributed by atoms with Crippen molar-refractivity contribution in [2.75, 3.05) is 19.5 Å². The summed E-state index contributed by atoms with van der Waals surface area (Å²) in [6.45, 7) is 3.27. The van der Waals surface area contributed by atoms with Crippen LogP contribution in [0.2, 0.25) is 0 Å². The van der Waals surface area contributed by atoms with E-state index >= 15 is 0 Å². The second-order valence-corrected chi connectivity index (χ2v) is 6.67. The number of thioether (sulfide) groups is 1. The van der Waals surface area contributed by atoms with Crippen LogP contribution in [-0.2, 0) is 6.54 Å². The molecule has 7 heteroatoms. The zero-order valence-electron chi connectivity index (χ0n) is 15.3. The number of benzene rings is 2. The molecule has 0 aliphatic heterocycles. The number of rotatable bonds is 9. The molecule has 6 nitrogen and oxygen atoms in total. The highest BCUT2D eigenvalue weighted by Gasteiger charge is 2.14. The third-order valence-electron chi connectivity index (χ3n) is 3.98. The highest BCUT2D eigenvalue weighted by atomic mass is 32.2. The van der Waals surface area contributed by atoms with Crippen molar-refractivity contribution in [1.82, 2.24) is 14.8 Å². The summed E-state index contributed by atoms with van der Waals surface area (Å²) in [7, 11) is 1.56. The van der Waals surface area contributed by atoms with E-state index in [1.54, 1.807) is 37.1 Å². The molecule has 0 N–H and O–H groups in total. The van der Waals surface area contributed by atoms with E-state index in [0.29, 0.717) is 29.4 Å². The molecule has 3 aromatic rings. The van der Waals surface area contributed by atoms with Crippen molar-refractivity contribution in [2.45, 2.75) is 18.6 Å². The minimum atomic E-state index is 0.420. The Hall–Kier alpha value is -2.80. The number of carbonyl (C=O) groups is 1. The minimum Gasteiger partial charge on any atom is -0.493 e. The van der Waals surface area contributed by atoms with Crippen molar-refractivity contribution in [1.29, 1.82) is 0 Å². The van der Waals surface area contributed by atoms with Crippen LogP contribution >= 0.6 is 11.8 Å². The maximum Gasteiger partial charge on any atom is 0.191 e. The van der Waals surface area contributed by atoms with Crippen LogP contribution in [0.3, 0.4) is 0 Å². The van der Waals surface area contributed by atoms with Gasteiger partial charge in [0.25, 0.3) is 0 Å². The molecular formula is C20H21N3O3S. The molecule has 0 atom stereocenters. The summed E-state index contributed by atoms with van der Waals surface area (Å²) in [5.41, 5.74) is 1.52. The lowest BCUT2D eigenvalue weighted by Gasteiger charge is -2.12. The van der Waals surface area contributed by atoms with E-state index in [1.165, 1.54) is 0 Å². The lowest BCUT2D eigenvalue weighted by molar-refractivity contribution is 0.111. The van der Waals surface area contributed by atoms with Gasteiger partial charge in [0.1, 0.15) is 0 Å². The Labute approximate surface area is 162 Å². The van der Waals surface area contributed by atoms with Gasteiger partial charge in [-0.2, -0.15) is 0 Å². The Morgan fingerprint density at radius 2 is 1.93 bits per heavy atom. The number of nitrogens with zero attached hydrogens (tertiary/aromatic N) is 3. The molecule has 0 radical (unpaired) electrons. The van der Waals surface area contributed by atoms with Crippen LogP contribution in [0.4, 0.5) is 0 Å². The lowest BCUT2D eigenvalue weighted by Crippen LogP contribution is -2.06. The molecule has 0 fully saturated rings. The number of ether oxygens (including phenoxy) is 2. The van der Waals surface area contributed by atoms with Gasteiger partial charge in [0.15, 0.2) is 28.8 Å². The molecule has 0 aliphatic carbocycles. The average Bonchev–Trinajstić information content (AvgIpc) is 3.14. The summed E-state index contributed by atoms with van der Waals surface area (Å²) in [6.07, 6.45) is 0.769. The fourth-order valence-corrected chi connectivity index (χ4v) is 3.52. The number of methoxy groups -OCH3 is 1. The molecule has 1 aromatic heterocycles. The second kappa shape index (κ2) is 9.23. The summed E-state index contributed by atoms with van der Waals surface area (Å²) in [4.78, 5) is 11.2. The van der Waals surface area contributed by atoms with Gasteiger partial charge in [-0.05, 0) is 19.1 Å². The number of para-hydroxylation sites is 1. The van der Waals surface area contributed by atoms with Gasteiger partial charge in [-0.1, -0.05) is 48.2 Å². The SMILES string of the molecule is CCn1c(SCCOc2c(C=O)cccc2OC)nnc1-c1ccccc1. The van der Waals surface area contributed by atoms with Crippen molar-refractivity contribution in [3.8, 4) is 22.9 Å². The van der Waals surface area contributed by atoms with Crippen LogP contribution < -0.4 is 9.47 Å². The molecule has 0 aliphatic rings. The molecule has 0 saturated heterocycles. The van der Waals surface area contributed by atoms with E-state index in [0.717, 1.165) is 29.4 Å². The third-order valence-corrected chi connectivity index (χ3v) is 4.91. The second-order valence-electron chi connectivity index (χ2n) is 5.61. The number of aromatic nitrogens is 3. The molecule has 0 spiro atoms. The van der Waals surface area contributed by atoms with E-state index in [1.807, 2.05) is 30.3 Å². The van der Waals surface area contributed by atoms with Crippen LogP contribution in [0.1, 0.15) is 17.3 Å². The molecule has 2 aromatic carbocycles. The molecule has 0 unspecified atom stereocenters. The van der Waals surface area contributed by atoms with Crippen molar-refractivity contribution in [3.05, 3.63) is 54.1 Å². The van der Waals surface area contributed by atoms with E-state index in [2.05, 4.69) is 21.7 Å². The summed E-state index contributed by atoms with van der Waals surface area (Å²) in [5.74, 6) is 2.54. The van der Waals surface area contributed by atoms with Crippen molar-refractivity contribution < 1.29 is 14.3 Å².